The number of nitrogens with zero attached hydrogens (tertiary/aromatic N) is 2. The molecule has 1 heterocycles. The molecule has 0 fully saturated rings. The van der Waals surface area contributed by atoms with Gasteiger partial charge in [-0.25, -0.2) is 8.42 Å². The minimum atomic E-state index is -3.45. The van der Waals surface area contributed by atoms with Crippen LogP contribution in [0.15, 0.2) is 24.3 Å². The molecule has 1 aromatic heterocycles. The fourth-order valence-electron chi connectivity index (χ4n) is 1.76. The third-order valence-electron chi connectivity index (χ3n) is 2.78. The zero-order valence-electron chi connectivity index (χ0n) is 13.6. The molecule has 0 atom stereocenters. The highest BCUT2D eigenvalue weighted by Crippen LogP contribution is 2.25. The summed E-state index contributed by atoms with van der Waals surface area (Å²) in [5.74, 6) is 0.758. The summed E-state index contributed by atoms with van der Waals surface area (Å²) in [6.45, 7) is 0. The fourth-order valence-corrected chi connectivity index (χ4v) is 3.23. The Morgan fingerprint density at radius 2 is 1.92 bits per heavy atom. The number of methoxy groups -OCH3 is 2. The summed E-state index contributed by atoms with van der Waals surface area (Å²) in [6, 6.07) is 5.19. The molecule has 2 aromatic rings. The largest absolute Gasteiger partial charge is 0.497 e. The molecule has 1 aromatic carbocycles. The monoisotopic (exact) mass is 384 g/mol. The van der Waals surface area contributed by atoms with Gasteiger partial charge in [0, 0.05) is 11.6 Å². The van der Waals surface area contributed by atoms with Crippen molar-refractivity contribution in [3.8, 4) is 11.5 Å². The minimum absolute atomic E-state index is 0.0660. The number of carbonyl (C=O) groups is 1. The molecule has 1 amide bonds. The van der Waals surface area contributed by atoms with Gasteiger partial charge in [-0.15, -0.1) is 10.2 Å². The second-order valence-corrected chi connectivity index (χ2v) is 7.44. The average Bonchev–Trinajstić information content (AvgIpc) is 2.97. The first kappa shape index (κ1) is 18.7. The van der Waals surface area contributed by atoms with E-state index in [1.54, 1.807) is 31.4 Å². The molecule has 0 unspecified atom stereocenters. The van der Waals surface area contributed by atoms with Gasteiger partial charge in [0.05, 0.1) is 20.5 Å². The first-order chi connectivity index (χ1) is 11.8. The van der Waals surface area contributed by atoms with Crippen molar-refractivity contribution in [1.82, 2.24) is 10.2 Å². The zero-order chi connectivity index (χ0) is 18.4. The molecule has 0 spiro atoms. The molecule has 2 rings (SSSR count). The first-order valence-corrected chi connectivity index (χ1v) is 9.54. The van der Waals surface area contributed by atoms with Gasteiger partial charge < -0.3 is 9.47 Å². The van der Waals surface area contributed by atoms with Crippen molar-refractivity contribution in [1.29, 1.82) is 0 Å². The highest BCUT2D eigenvalue weighted by Gasteiger charge is 2.10. The van der Waals surface area contributed by atoms with E-state index in [0.29, 0.717) is 17.1 Å². The highest BCUT2D eigenvalue weighted by molar-refractivity contribution is 7.92. The van der Waals surface area contributed by atoms with Gasteiger partial charge in [0.1, 0.15) is 11.5 Å². The Morgan fingerprint density at radius 3 is 2.56 bits per heavy atom. The molecule has 9 nitrogen and oxygen atoms in total. The number of amides is 1. The van der Waals surface area contributed by atoms with E-state index in [9.17, 15) is 13.2 Å². The SMILES string of the molecule is COc1ccc(OC)c(C=CC(=O)Nc2nnc(NS(C)(=O)=O)s2)c1. The highest BCUT2D eigenvalue weighted by atomic mass is 32.2. The summed E-state index contributed by atoms with van der Waals surface area (Å²) in [6.07, 6.45) is 3.85. The predicted octanol–water partition coefficient (Wildman–Crippen LogP) is 1.58. The van der Waals surface area contributed by atoms with Crippen molar-refractivity contribution in [2.24, 2.45) is 0 Å². The lowest BCUT2D eigenvalue weighted by Gasteiger charge is -2.07. The molecule has 0 radical (unpaired) electrons. The van der Waals surface area contributed by atoms with E-state index >= 15 is 0 Å². The van der Waals surface area contributed by atoms with Crippen LogP contribution in [0.3, 0.4) is 0 Å². The molecule has 0 aliphatic rings. The average molecular weight is 384 g/mol. The molecule has 0 aliphatic carbocycles. The van der Waals surface area contributed by atoms with E-state index < -0.39 is 15.9 Å². The molecule has 2 N–H and O–H groups in total. The zero-order valence-corrected chi connectivity index (χ0v) is 15.3. The number of sulfonamides is 1. The van der Waals surface area contributed by atoms with E-state index in [4.69, 9.17) is 9.47 Å². The Morgan fingerprint density at radius 1 is 1.20 bits per heavy atom. The van der Waals surface area contributed by atoms with Crippen molar-refractivity contribution in [3.63, 3.8) is 0 Å². The van der Waals surface area contributed by atoms with Gasteiger partial charge in [-0.3, -0.25) is 14.8 Å². The number of aromatic nitrogens is 2. The van der Waals surface area contributed by atoms with Crippen molar-refractivity contribution in [3.05, 3.63) is 29.8 Å². The molecular formula is C14H16N4O5S2. The standard InChI is InChI=1S/C14H16N4O5S2/c1-22-10-5-6-11(23-2)9(8-10)4-7-12(19)15-13-16-17-14(24-13)18-25(3,20)21/h4-8H,1-3H3,(H,17,18)(H,15,16,19). The summed E-state index contributed by atoms with van der Waals surface area (Å²) in [7, 11) is -0.382. The summed E-state index contributed by atoms with van der Waals surface area (Å²) in [4.78, 5) is 12.0. The summed E-state index contributed by atoms with van der Waals surface area (Å²) >= 11 is 0.900. The second kappa shape index (κ2) is 7.94. The number of ether oxygens (including phenoxy) is 2. The quantitative estimate of drug-likeness (QED) is 0.696. The van der Waals surface area contributed by atoms with Crippen molar-refractivity contribution in [2.45, 2.75) is 0 Å². The van der Waals surface area contributed by atoms with Gasteiger partial charge in [-0.2, -0.15) is 0 Å². The second-order valence-electron chi connectivity index (χ2n) is 4.72. The van der Waals surface area contributed by atoms with E-state index in [1.165, 1.54) is 13.2 Å². The number of hydrogen-bond donors (Lipinski definition) is 2. The van der Waals surface area contributed by atoms with Crippen LogP contribution in [0.1, 0.15) is 5.56 Å². The van der Waals surface area contributed by atoms with Crippen molar-refractivity contribution < 1.29 is 22.7 Å². The van der Waals surface area contributed by atoms with Crippen molar-refractivity contribution >= 4 is 43.6 Å². The summed E-state index contributed by atoms with van der Waals surface area (Å²) in [5, 5.41) is 10.0. The lowest BCUT2D eigenvalue weighted by molar-refractivity contribution is -0.111. The third kappa shape index (κ3) is 5.72. The molecule has 25 heavy (non-hydrogen) atoms. The van der Waals surface area contributed by atoms with Crippen LogP contribution in [0.5, 0.6) is 11.5 Å². The van der Waals surface area contributed by atoms with Crippen molar-refractivity contribution in [2.75, 3.05) is 30.5 Å². The number of hydrogen-bond acceptors (Lipinski definition) is 8. The maximum absolute atomic E-state index is 12.0. The lowest BCUT2D eigenvalue weighted by atomic mass is 10.1. The Balaban J connectivity index is 2.06. The van der Waals surface area contributed by atoms with Crippen LogP contribution < -0.4 is 19.5 Å². The van der Waals surface area contributed by atoms with Gasteiger partial charge in [-0.1, -0.05) is 11.3 Å². The number of anilines is 2. The van der Waals surface area contributed by atoms with Crippen LogP contribution in [0.4, 0.5) is 10.3 Å². The van der Waals surface area contributed by atoms with Gasteiger partial charge in [0.25, 0.3) is 0 Å². The van der Waals surface area contributed by atoms with E-state index in [0.717, 1.165) is 17.6 Å². The smallest absolute Gasteiger partial charge is 0.250 e. The first-order valence-electron chi connectivity index (χ1n) is 6.83. The predicted molar refractivity (Wildman–Crippen MR) is 95.6 cm³/mol. The van der Waals surface area contributed by atoms with Gasteiger partial charge in [0.2, 0.25) is 26.2 Å². The Labute approximate surface area is 148 Å². The van der Waals surface area contributed by atoms with Crippen LogP contribution in [0.25, 0.3) is 6.08 Å². The number of carbonyl (C=O) groups excluding carboxylic acids is 1. The lowest BCUT2D eigenvalue weighted by Crippen LogP contribution is -2.09. The summed E-state index contributed by atoms with van der Waals surface area (Å²) in [5.41, 5.74) is 0.661. The van der Waals surface area contributed by atoms with Crippen LogP contribution in [0.2, 0.25) is 0 Å². The summed E-state index contributed by atoms with van der Waals surface area (Å²) < 4.78 is 34.8. The Hall–Kier alpha value is -2.66. The van der Waals surface area contributed by atoms with Crippen LogP contribution in [-0.4, -0.2) is 45.0 Å². The molecular weight excluding hydrogens is 368 g/mol. The molecule has 0 bridgehead atoms. The molecule has 0 saturated carbocycles. The van der Waals surface area contributed by atoms with E-state index in [1.807, 2.05) is 0 Å². The number of nitrogens with one attached hydrogen (secondary N) is 2. The minimum Gasteiger partial charge on any atom is -0.497 e. The van der Waals surface area contributed by atoms with Gasteiger partial charge >= 0.3 is 0 Å². The van der Waals surface area contributed by atoms with Crippen LogP contribution in [-0.2, 0) is 14.8 Å². The maximum atomic E-state index is 12.0. The molecule has 134 valence electrons. The van der Waals surface area contributed by atoms with E-state index in [-0.39, 0.29) is 10.3 Å². The number of benzene rings is 1. The van der Waals surface area contributed by atoms with Crippen LogP contribution >= 0.6 is 11.3 Å². The molecule has 0 saturated heterocycles. The topological polar surface area (TPSA) is 120 Å². The van der Waals surface area contributed by atoms with E-state index in [2.05, 4.69) is 20.2 Å². The molecule has 0 aliphatic heterocycles. The number of rotatable bonds is 7. The molecule has 11 heteroatoms. The fraction of sp³-hybridized carbons (Fsp3) is 0.214. The third-order valence-corrected chi connectivity index (χ3v) is 4.23. The normalized spacial score (nSPS) is 11.3. The van der Waals surface area contributed by atoms with Gasteiger partial charge in [0.15, 0.2) is 0 Å². The Kier molecular flexibility index (Phi) is 5.93. The van der Waals surface area contributed by atoms with Crippen LogP contribution in [0, 0.1) is 0 Å². The maximum Gasteiger partial charge on any atom is 0.250 e. The Bertz CT molecular complexity index is 892. The van der Waals surface area contributed by atoms with Gasteiger partial charge in [-0.05, 0) is 24.3 Å².